The summed E-state index contributed by atoms with van der Waals surface area (Å²) in [5, 5.41) is 13.4. The fourth-order valence-electron chi connectivity index (χ4n) is 3.05. The van der Waals surface area contributed by atoms with Gasteiger partial charge in [-0.2, -0.15) is 0 Å². The number of benzene rings is 1. The third kappa shape index (κ3) is 2.55. The Balaban J connectivity index is 1.94. The Morgan fingerprint density at radius 2 is 2.10 bits per heavy atom. The molecule has 0 aliphatic heterocycles. The predicted octanol–water partition coefficient (Wildman–Crippen LogP) is 3.17. The highest BCUT2D eigenvalue weighted by Gasteiger charge is 2.30. The number of hydrogen-bond donors (Lipinski definition) is 2. The number of rotatable bonds is 3. The number of fused-ring (bicyclic) bond motifs is 1. The fourth-order valence-corrected chi connectivity index (χ4v) is 3.05. The van der Waals surface area contributed by atoms with E-state index in [-0.39, 0.29) is 5.56 Å². The Bertz CT molecular complexity index is 686. The van der Waals surface area contributed by atoms with E-state index in [9.17, 15) is 4.79 Å². The quantitative estimate of drug-likeness (QED) is 0.906. The van der Waals surface area contributed by atoms with Crippen molar-refractivity contribution < 1.29 is 9.90 Å². The topological polar surface area (TPSA) is 75.1 Å². The van der Waals surface area contributed by atoms with Gasteiger partial charge < -0.3 is 10.4 Å². The van der Waals surface area contributed by atoms with Gasteiger partial charge in [0, 0.05) is 11.4 Å². The monoisotopic (exact) mass is 285 g/mol. The SMILES string of the molecule is CC1CCC(Nc2ncnc3cc(C(=O)O)ccc23)C1C. The predicted molar refractivity (Wildman–Crippen MR) is 81.5 cm³/mol. The molecule has 1 aliphatic rings. The number of anilines is 1. The molecule has 0 radical (unpaired) electrons. The van der Waals surface area contributed by atoms with Crippen LogP contribution in [0.25, 0.3) is 10.9 Å². The van der Waals surface area contributed by atoms with Crippen molar-refractivity contribution in [3.63, 3.8) is 0 Å². The van der Waals surface area contributed by atoms with Gasteiger partial charge in [0.1, 0.15) is 12.1 Å². The Morgan fingerprint density at radius 1 is 1.29 bits per heavy atom. The van der Waals surface area contributed by atoms with Crippen molar-refractivity contribution >= 4 is 22.7 Å². The highest BCUT2D eigenvalue weighted by atomic mass is 16.4. The van der Waals surface area contributed by atoms with Crippen LogP contribution >= 0.6 is 0 Å². The molecule has 21 heavy (non-hydrogen) atoms. The van der Waals surface area contributed by atoms with E-state index in [1.54, 1.807) is 18.2 Å². The van der Waals surface area contributed by atoms with E-state index >= 15 is 0 Å². The third-order valence-corrected chi connectivity index (χ3v) is 4.67. The lowest BCUT2D eigenvalue weighted by Gasteiger charge is -2.20. The first kappa shape index (κ1) is 13.8. The minimum absolute atomic E-state index is 0.245. The summed E-state index contributed by atoms with van der Waals surface area (Å²) < 4.78 is 0. The van der Waals surface area contributed by atoms with Crippen molar-refractivity contribution in [1.82, 2.24) is 9.97 Å². The molecule has 0 spiro atoms. The van der Waals surface area contributed by atoms with Crippen LogP contribution in [0.3, 0.4) is 0 Å². The maximum Gasteiger partial charge on any atom is 0.335 e. The summed E-state index contributed by atoms with van der Waals surface area (Å²) in [6.45, 7) is 4.55. The first-order valence-electron chi connectivity index (χ1n) is 7.31. The largest absolute Gasteiger partial charge is 0.478 e. The Kier molecular flexibility index (Phi) is 3.49. The van der Waals surface area contributed by atoms with E-state index in [1.165, 1.54) is 12.7 Å². The molecule has 0 amide bonds. The molecule has 2 N–H and O–H groups in total. The summed E-state index contributed by atoms with van der Waals surface area (Å²) in [5.74, 6) is 1.17. The van der Waals surface area contributed by atoms with E-state index < -0.39 is 5.97 Å². The molecule has 0 saturated heterocycles. The second-order valence-electron chi connectivity index (χ2n) is 5.92. The lowest BCUT2D eigenvalue weighted by molar-refractivity contribution is 0.0697. The second-order valence-corrected chi connectivity index (χ2v) is 5.92. The molecular weight excluding hydrogens is 266 g/mol. The molecule has 110 valence electrons. The standard InChI is InChI=1S/C16H19N3O2/c1-9-3-6-13(10(9)2)19-15-12-5-4-11(16(20)21)7-14(12)17-8-18-15/h4-5,7-10,13H,3,6H2,1-2H3,(H,20,21)(H,17,18,19). The fraction of sp³-hybridized carbons (Fsp3) is 0.438. The van der Waals surface area contributed by atoms with Crippen LogP contribution in [0.1, 0.15) is 37.0 Å². The molecule has 0 bridgehead atoms. The van der Waals surface area contributed by atoms with E-state index in [0.717, 1.165) is 17.6 Å². The number of nitrogens with one attached hydrogen (secondary N) is 1. The molecule has 2 aromatic rings. The average Bonchev–Trinajstić information content (AvgIpc) is 2.79. The Hall–Kier alpha value is -2.17. The average molecular weight is 285 g/mol. The molecule has 1 heterocycles. The number of carboxylic acids is 1. The normalized spacial score (nSPS) is 25.1. The minimum atomic E-state index is -0.941. The smallest absolute Gasteiger partial charge is 0.335 e. The van der Waals surface area contributed by atoms with Gasteiger partial charge in [-0.3, -0.25) is 0 Å². The molecule has 5 heteroatoms. The molecule has 1 aliphatic carbocycles. The van der Waals surface area contributed by atoms with Crippen molar-refractivity contribution in [3.8, 4) is 0 Å². The zero-order valence-corrected chi connectivity index (χ0v) is 12.2. The van der Waals surface area contributed by atoms with Crippen LogP contribution in [0, 0.1) is 11.8 Å². The molecule has 1 fully saturated rings. The van der Waals surface area contributed by atoms with Crippen molar-refractivity contribution in [2.75, 3.05) is 5.32 Å². The van der Waals surface area contributed by atoms with Crippen molar-refractivity contribution in [3.05, 3.63) is 30.1 Å². The summed E-state index contributed by atoms with van der Waals surface area (Å²) in [6, 6.07) is 5.38. The Morgan fingerprint density at radius 3 is 2.76 bits per heavy atom. The highest BCUT2D eigenvalue weighted by molar-refractivity contribution is 5.96. The molecule has 1 aromatic carbocycles. The molecule has 1 saturated carbocycles. The number of aromatic carboxylic acids is 1. The van der Waals surface area contributed by atoms with Gasteiger partial charge in [0.2, 0.25) is 0 Å². The summed E-state index contributed by atoms with van der Waals surface area (Å²) >= 11 is 0. The molecule has 3 rings (SSSR count). The summed E-state index contributed by atoms with van der Waals surface area (Å²) in [5.41, 5.74) is 0.904. The second kappa shape index (κ2) is 5.31. The molecule has 1 aromatic heterocycles. The molecule has 5 nitrogen and oxygen atoms in total. The van der Waals surface area contributed by atoms with Gasteiger partial charge in [-0.15, -0.1) is 0 Å². The van der Waals surface area contributed by atoms with Gasteiger partial charge in [0.25, 0.3) is 0 Å². The molecule has 3 unspecified atom stereocenters. The van der Waals surface area contributed by atoms with Crippen molar-refractivity contribution in [2.24, 2.45) is 11.8 Å². The number of nitrogens with zero attached hydrogens (tertiary/aromatic N) is 2. The lowest BCUT2D eigenvalue weighted by Crippen LogP contribution is -2.24. The molecular formula is C16H19N3O2. The van der Waals surface area contributed by atoms with Crippen LogP contribution in [0.15, 0.2) is 24.5 Å². The zero-order chi connectivity index (χ0) is 15.0. The summed E-state index contributed by atoms with van der Waals surface area (Å²) in [7, 11) is 0. The number of hydrogen-bond acceptors (Lipinski definition) is 4. The van der Waals surface area contributed by atoms with Gasteiger partial charge >= 0.3 is 5.97 Å². The first-order valence-corrected chi connectivity index (χ1v) is 7.31. The van der Waals surface area contributed by atoms with Crippen LogP contribution in [0.5, 0.6) is 0 Å². The number of carboxylic acid groups (broad SMARTS) is 1. The van der Waals surface area contributed by atoms with E-state index in [4.69, 9.17) is 5.11 Å². The number of carbonyl (C=O) groups is 1. The van der Waals surface area contributed by atoms with E-state index in [1.807, 2.05) is 0 Å². The minimum Gasteiger partial charge on any atom is -0.478 e. The summed E-state index contributed by atoms with van der Waals surface area (Å²) in [6.07, 6.45) is 3.85. The van der Waals surface area contributed by atoms with E-state index in [2.05, 4.69) is 29.1 Å². The van der Waals surface area contributed by atoms with Crippen LogP contribution in [-0.4, -0.2) is 27.1 Å². The van der Waals surface area contributed by atoms with Gasteiger partial charge in [0.15, 0.2) is 0 Å². The van der Waals surface area contributed by atoms with Crippen LogP contribution in [0.4, 0.5) is 5.82 Å². The third-order valence-electron chi connectivity index (χ3n) is 4.67. The Labute approximate surface area is 123 Å². The van der Waals surface area contributed by atoms with Gasteiger partial charge in [-0.05, 0) is 42.9 Å². The maximum atomic E-state index is 11.0. The summed E-state index contributed by atoms with van der Waals surface area (Å²) in [4.78, 5) is 19.5. The van der Waals surface area contributed by atoms with Crippen LogP contribution in [-0.2, 0) is 0 Å². The first-order chi connectivity index (χ1) is 10.1. The van der Waals surface area contributed by atoms with Gasteiger partial charge in [-0.1, -0.05) is 13.8 Å². The lowest BCUT2D eigenvalue weighted by atomic mass is 9.98. The van der Waals surface area contributed by atoms with Gasteiger partial charge in [0.05, 0.1) is 11.1 Å². The number of aromatic nitrogens is 2. The molecule has 3 atom stereocenters. The zero-order valence-electron chi connectivity index (χ0n) is 12.2. The van der Waals surface area contributed by atoms with Crippen LogP contribution in [0.2, 0.25) is 0 Å². The van der Waals surface area contributed by atoms with Gasteiger partial charge in [-0.25, -0.2) is 14.8 Å². The van der Waals surface area contributed by atoms with E-state index in [0.29, 0.717) is 23.4 Å². The van der Waals surface area contributed by atoms with Crippen molar-refractivity contribution in [2.45, 2.75) is 32.7 Å². The maximum absolute atomic E-state index is 11.0. The van der Waals surface area contributed by atoms with Crippen LogP contribution < -0.4 is 5.32 Å². The highest BCUT2D eigenvalue weighted by Crippen LogP contribution is 2.34. The van der Waals surface area contributed by atoms with Crippen molar-refractivity contribution in [1.29, 1.82) is 0 Å².